The van der Waals surface area contributed by atoms with Crippen LogP contribution in [0.25, 0.3) is 0 Å². The van der Waals surface area contributed by atoms with Crippen LogP contribution in [0, 0.1) is 10.1 Å². The molecule has 0 atom stereocenters. The molecule has 0 bridgehead atoms. The van der Waals surface area contributed by atoms with Crippen LogP contribution in [0.1, 0.15) is 5.56 Å². The number of halogens is 1. The van der Waals surface area contributed by atoms with Crippen LogP contribution in [0.4, 0.5) is 5.69 Å². The lowest BCUT2D eigenvalue weighted by molar-refractivity contribution is -0.385. The first-order chi connectivity index (χ1) is 12.9. The van der Waals surface area contributed by atoms with E-state index in [2.05, 4.69) is 20.3 Å². The Bertz CT molecular complexity index is 907. The van der Waals surface area contributed by atoms with Crippen LogP contribution in [-0.2, 0) is 16.6 Å². The number of non-ortho nitro benzene ring substituents is 1. The predicted octanol–water partition coefficient (Wildman–Crippen LogP) is 1.86. The Hall–Kier alpha value is -2.25. The van der Waals surface area contributed by atoms with Gasteiger partial charge in [-0.15, -0.1) is 24.0 Å². The van der Waals surface area contributed by atoms with Gasteiger partial charge in [-0.25, -0.2) is 13.1 Å². The molecule has 2 aromatic rings. The molecular weight excluding hydrogens is 497 g/mol. The summed E-state index contributed by atoms with van der Waals surface area (Å²) in [5.41, 5.74) is 0.813. The van der Waals surface area contributed by atoms with E-state index in [1.54, 1.807) is 7.05 Å². The van der Waals surface area contributed by atoms with E-state index in [1.165, 1.54) is 18.2 Å². The second kappa shape index (κ2) is 11.6. The van der Waals surface area contributed by atoms with Crippen LogP contribution < -0.4 is 15.4 Å². The fraction of sp³-hybridized carbons (Fsp3) is 0.235. The number of benzene rings is 2. The number of nitro benzene ring substituents is 1. The lowest BCUT2D eigenvalue weighted by Crippen LogP contribution is -2.41. The molecule has 3 N–H and O–H groups in total. The van der Waals surface area contributed by atoms with E-state index in [0.717, 1.165) is 11.6 Å². The van der Waals surface area contributed by atoms with Gasteiger partial charge in [-0.05, 0) is 11.6 Å². The summed E-state index contributed by atoms with van der Waals surface area (Å²) < 4.78 is 26.8. The molecule has 11 heteroatoms. The minimum atomic E-state index is -3.83. The largest absolute Gasteiger partial charge is 0.355 e. The summed E-state index contributed by atoms with van der Waals surface area (Å²) in [7, 11) is -2.21. The second-order valence-corrected chi connectivity index (χ2v) is 7.26. The summed E-state index contributed by atoms with van der Waals surface area (Å²) in [6.45, 7) is 0.972. The maximum absolute atomic E-state index is 12.2. The Labute approximate surface area is 180 Å². The maximum atomic E-state index is 12.2. The van der Waals surface area contributed by atoms with Crippen molar-refractivity contribution in [3.63, 3.8) is 0 Å². The van der Waals surface area contributed by atoms with Gasteiger partial charge in [-0.2, -0.15) is 0 Å². The molecule has 0 saturated heterocycles. The van der Waals surface area contributed by atoms with E-state index in [1.807, 2.05) is 30.3 Å². The van der Waals surface area contributed by atoms with Crippen molar-refractivity contribution in [1.29, 1.82) is 0 Å². The minimum absolute atomic E-state index is 0. The zero-order chi connectivity index (χ0) is 19.7. The number of rotatable bonds is 8. The van der Waals surface area contributed by atoms with E-state index in [9.17, 15) is 18.5 Å². The molecule has 152 valence electrons. The lowest BCUT2D eigenvalue weighted by atomic mass is 10.2. The average Bonchev–Trinajstić information content (AvgIpc) is 2.68. The fourth-order valence-electron chi connectivity index (χ4n) is 2.22. The number of hydrogen-bond acceptors (Lipinski definition) is 5. The molecule has 9 nitrogen and oxygen atoms in total. The summed E-state index contributed by atoms with van der Waals surface area (Å²) in [6, 6.07) is 14.7. The van der Waals surface area contributed by atoms with Crippen molar-refractivity contribution in [2.45, 2.75) is 11.4 Å². The summed E-state index contributed by atoms with van der Waals surface area (Å²) in [6.07, 6.45) is 0. The molecule has 0 radical (unpaired) electrons. The second-order valence-electron chi connectivity index (χ2n) is 5.49. The molecular formula is C17H22IN5O4S. The average molecular weight is 519 g/mol. The molecule has 0 amide bonds. The standard InChI is InChI=1S/C17H21N5O4S.HI/c1-18-17(20-13-14-6-3-2-4-7-14)19-10-11-21-27(25,26)16-9-5-8-15(12-16)22(23)24;/h2-9,12,21H,10-11,13H2,1H3,(H2,18,19,20);1H. The molecule has 0 aliphatic carbocycles. The summed E-state index contributed by atoms with van der Waals surface area (Å²) in [5, 5.41) is 16.9. The Morgan fingerprint density at radius 2 is 1.79 bits per heavy atom. The van der Waals surface area contributed by atoms with Crippen LogP contribution in [0.3, 0.4) is 0 Å². The number of sulfonamides is 1. The van der Waals surface area contributed by atoms with Gasteiger partial charge in [0.05, 0.1) is 9.82 Å². The molecule has 2 rings (SSSR count). The number of nitrogens with zero attached hydrogens (tertiary/aromatic N) is 2. The normalized spacial score (nSPS) is 11.4. The number of nitrogens with one attached hydrogen (secondary N) is 3. The van der Waals surface area contributed by atoms with E-state index in [-0.39, 0.29) is 41.1 Å². The quantitative estimate of drug-likeness (QED) is 0.122. The molecule has 0 spiro atoms. The monoisotopic (exact) mass is 519 g/mol. The molecule has 0 saturated carbocycles. The molecule has 28 heavy (non-hydrogen) atoms. The van der Waals surface area contributed by atoms with Gasteiger partial charge in [0, 0.05) is 38.8 Å². The summed E-state index contributed by atoms with van der Waals surface area (Å²) in [5.74, 6) is 0.536. The number of hydrogen-bond donors (Lipinski definition) is 3. The Kier molecular flexibility index (Phi) is 9.82. The van der Waals surface area contributed by atoms with Gasteiger partial charge < -0.3 is 10.6 Å². The lowest BCUT2D eigenvalue weighted by Gasteiger charge is -2.12. The number of guanidine groups is 1. The van der Waals surface area contributed by atoms with Gasteiger partial charge in [0.15, 0.2) is 5.96 Å². The molecule has 0 aromatic heterocycles. The van der Waals surface area contributed by atoms with E-state index in [0.29, 0.717) is 19.0 Å². The van der Waals surface area contributed by atoms with Crippen molar-refractivity contribution in [3.05, 3.63) is 70.3 Å². The highest BCUT2D eigenvalue weighted by Gasteiger charge is 2.16. The Balaban J connectivity index is 0.00000392. The van der Waals surface area contributed by atoms with Gasteiger partial charge in [0.1, 0.15) is 0 Å². The van der Waals surface area contributed by atoms with Crippen LogP contribution in [0.5, 0.6) is 0 Å². The molecule has 0 heterocycles. The highest BCUT2D eigenvalue weighted by atomic mass is 127. The van der Waals surface area contributed by atoms with E-state index in [4.69, 9.17) is 0 Å². The topological polar surface area (TPSA) is 126 Å². The van der Waals surface area contributed by atoms with Gasteiger partial charge in [-0.3, -0.25) is 15.1 Å². The van der Waals surface area contributed by atoms with Crippen molar-refractivity contribution < 1.29 is 13.3 Å². The highest BCUT2D eigenvalue weighted by Crippen LogP contribution is 2.16. The maximum Gasteiger partial charge on any atom is 0.270 e. The Morgan fingerprint density at radius 1 is 1.07 bits per heavy atom. The van der Waals surface area contributed by atoms with Crippen molar-refractivity contribution >= 4 is 45.6 Å². The van der Waals surface area contributed by atoms with Crippen molar-refractivity contribution in [3.8, 4) is 0 Å². The molecule has 0 aliphatic heterocycles. The van der Waals surface area contributed by atoms with Crippen LogP contribution in [0.15, 0.2) is 64.5 Å². The Morgan fingerprint density at radius 3 is 2.43 bits per heavy atom. The SMILES string of the molecule is CN=C(NCCNS(=O)(=O)c1cccc([N+](=O)[O-])c1)NCc1ccccc1.I. The number of aliphatic imine (C=N–C) groups is 1. The summed E-state index contributed by atoms with van der Waals surface area (Å²) in [4.78, 5) is 14.1. The predicted molar refractivity (Wildman–Crippen MR) is 118 cm³/mol. The minimum Gasteiger partial charge on any atom is -0.355 e. The zero-order valence-corrected chi connectivity index (χ0v) is 18.3. The van der Waals surface area contributed by atoms with E-state index >= 15 is 0 Å². The zero-order valence-electron chi connectivity index (χ0n) is 15.2. The molecule has 0 fully saturated rings. The molecule has 2 aromatic carbocycles. The van der Waals surface area contributed by atoms with Crippen LogP contribution in [-0.4, -0.2) is 39.4 Å². The van der Waals surface area contributed by atoms with Gasteiger partial charge in [-0.1, -0.05) is 36.4 Å². The first-order valence-electron chi connectivity index (χ1n) is 8.15. The smallest absolute Gasteiger partial charge is 0.270 e. The van der Waals surface area contributed by atoms with Crippen LogP contribution in [0.2, 0.25) is 0 Å². The van der Waals surface area contributed by atoms with Gasteiger partial charge >= 0.3 is 0 Å². The summed E-state index contributed by atoms with van der Waals surface area (Å²) >= 11 is 0. The van der Waals surface area contributed by atoms with Crippen molar-refractivity contribution in [1.82, 2.24) is 15.4 Å². The first kappa shape index (κ1) is 23.8. The van der Waals surface area contributed by atoms with Gasteiger partial charge in [0.25, 0.3) is 5.69 Å². The fourth-order valence-corrected chi connectivity index (χ4v) is 3.29. The molecule has 0 unspecified atom stereocenters. The van der Waals surface area contributed by atoms with E-state index < -0.39 is 14.9 Å². The third-order valence-electron chi connectivity index (χ3n) is 3.57. The highest BCUT2D eigenvalue weighted by molar-refractivity contribution is 14.0. The van der Waals surface area contributed by atoms with Gasteiger partial charge in [0.2, 0.25) is 10.0 Å². The van der Waals surface area contributed by atoms with Crippen molar-refractivity contribution in [2.24, 2.45) is 4.99 Å². The number of nitro groups is 1. The van der Waals surface area contributed by atoms with Crippen LogP contribution >= 0.6 is 24.0 Å². The van der Waals surface area contributed by atoms with Crippen molar-refractivity contribution in [2.75, 3.05) is 20.1 Å². The molecule has 0 aliphatic rings. The third kappa shape index (κ3) is 7.40. The third-order valence-corrected chi connectivity index (χ3v) is 5.03. The first-order valence-corrected chi connectivity index (χ1v) is 9.63.